The molecule has 3 heterocycles. The average Bonchev–Trinajstić information content (AvgIpc) is 3.58. The van der Waals surface area contributed by atoms with Gasteiger partial charge >= 0.3 is 7.75 Å². The highest BCUT2D eigenvalue weighted by Crippen LogP contribution is 2.46. The topological polar surface area (TPSA) is 184 Å². The zero-order valence-electron chi connectivity index (χ0n) is 23.1. The van der Waals surface area contributed by atoms with Gasteiger partial charge in [-0.3, -0.25) is 28.2 Å². The van der Waals surface area contributed by atoms with Crippen molar-refractivity contribution < 1.29 is 32.6 Å². The number of fused-ring (bicyclic) bond motifs is 1. The molecule has 1 aliphatic heterocycles. The smallest absolute Gasteiger partial charge is 0.395 e. The standard InChI is InChI=1S/C26H34FN6O7PS/c1-26(2,15-34)24(36)42-11-10-38-41(37,30-13-17-6-4-3-5-7-17)39-14-19-18(8-9-27)12-20(40-19)33-16-29-21-22(33)31-25(28)32-23(21)35/h3-9,16,18-20,34H,10-15H2,1-2H3,(H,30,37)(H3,28,31,32,35)/b9-8+/t18?,19-,20-,41?/m1/s1. The van der Waals surface area contributed by atoms with Crippen LogP contribution in [0.25, 0.3) is 11.2 Å². The third kappa shape index (κ3) is 7.92. The van der Waals surface area contributed by atoms with Gasteiger partial charge in [-0.05, 0) is 19.4 Å². The number of aliphatic hydroxyl groups excluding tert-OH is 1. The Morgan fingerprint density at radius 2 is 2.14 bits per heavy atom. The Balaban J connectivity index is 1.45. The first kappa shape index (κ1) is 32.0. The van der Waals surface area contributed by atoms with E-state index in [0.29, 0.717) is 6.33 Å². The molecule has 16 heteroatoms. The predicted octanol–water partition coefficient (Wildman–Crippen LogP) is 3.30. The molecule has 2 aromatic heterocycles. The third-order valence-electron chi connectivity index (χ3n) is 6.62. The van der Waals surface area contributed by atoms with E-state index in [-0.39, 0.29) is 60.8 Å². The van der Waals surface area contributed by atoms with Crippen molar-refractivity contribution in [1.82, 2.24) is 24.6 Å². The summed E-state index contributed by atoms with van der Waals surface area (Å²) in [5, 5.41) is 12.0. The minimum atomic E-state index is -3.94. The van der Waals surface area contributed by atoms with Gasteiger partial charge in [0.2, 0.25) is 5.95 Å². The van der Waals surface area contributed by atoms with Crippen molar-refractivity contribution in [3.8, 4) is 0 Å². The number of rotatable bonds is 14. The Labute approximate surface area is 245 Å². The molecule has 0 saturated carbocycles. The zero-order chi connectivity index (χ0) is 30.3. The van der Waals surface area contributed by atoms with E-state index in [2.05, 4.69) is 20.0 Å². The Bertz CT molecular complexity index is 1500. The van der Waals surface area contributed by atoms with Crippen molar-refractivity contribution in [2.45, 2.75) is 39.1 Å². The van der Waals surface area contributed by atoms with Crippen molar-refractivity contribution in [3.63, 3.8) is 0 Å². The number of hydrogen-bond donors (Lipinski definition) is 4. The van der Waals surface area contributed by atoms with Gasteiger partial charge < -0.3 is 15.6 Å². The van der Waals surface area contributed by atoms with E-state index >= 15 is 0 Å². The molecule has 4 rings (SSSR count). The number of nitrogen functional groups attached to an aromatic ring is 1. The van der Waals surface area contributed by atoms with Crippen molar-refractivity contribution in [2.24, 2.45) is 11.3 Å². The second-order valence-corrected chi connectivity index (χ2v) is 13.1. The lowest BCUT2D eigenvalue weighted by Gasteiger charge is -2.23. The van der Waals surface area contributed by atoms with E-state index in [1.807, 2.05) is 30.3 Å². The van der Waals surface area contributed by atoms with Gasteiger partial charge in [0.25, 0.3) is 5.56 Å². The number of aromatic amines is 1. The molecule has 0 spiro atoms. The van der Waals surface area contributed by atoms with Crippen molar-refractivity contribution in [1.29, 1.82) is 0 Å². The predicted molar refractivity (Wildman–Crippen MR) is 156 cm³/mol. The molecule has 1 fully saturated rings. The summed E-state index contributed by atoms with van der Waals surface area (Å²) >= 11 is 0.963. The van der Waals surface area contributed by atoms with Gasteiger partial charge in [-0.25, -0.2) is 19.0 Å². The number of halogens is 1. The molecule has 0 amide bonds. The van der Waals surface area contributed by atoms with Crippen LogP contribution in [0.4, 0.5) is 10.3 Å². The molecule has 228 valence electrons. The minimum absolute atomic E-state index is 0.0758. The van der Waals surface area contributed by atoms with Crippen LogP contribution in [-0.2, 0) is 29.7 Å². The Kier molecular flexibility index (Phi) is 10.7. The number of nitrogens with two attached hydrogens (primary N) is 1. The number of nitrogens with one attached hydrogen (secondary N) is 2. The summed E-state index contributed by atoms with van der Waals surface area (Å²) < 4.78 is 46.2. The van der Waals surface area contributed by atoms with Gasteiger partial charge in [-0.2, -0.15) is 4.98 Å². The van der Waals surface area contributed by atoms with Crippen molar-refractivity contribution in [3.05, 3.63) is 65.0 Å². The van der Waals surface area contributed by atoms with Gasteiger partial charge in [-0.15, -0.1) is 0 Å². The molecule has 4 atom stereocenters. The molecule has 42 heavy (non-hydrogen) atoms. The molecule has 0 bridgehead atoms. The van der Waals surface area contributed by atoms with Crippen LogP contribution in [0.1, 0.15) is 32.1 Å². The molecule has 3 aromatic rings. The lowest BCUT2D eigenvalue weighted by molar-refractivity contribution is -0.119. The van der Waals surface area contributed by atoms with Crippen LogP contribution in [-0.4, -0.2) is 61.4 Å². The van der Waals surface area contributed by atoms with Crippen LogP contribution in [0.5, 0.6) is 0 Å². The van der Waals surface area contributed by atoms with Crippen LogP contribution in [0.3, 0.4) is 0 Å². The molecule has 0 aliphatic carbocycles. The Morgan fingerprint density at radius 1 is 1.38 bits per heavy atom. The number of H-pyrrole nitrogens is 1. The molecular weight excluding hydrogens is 590 g/mol. The molecule has 1 saturated heterocycles. The number of carbonyl (C=O) groups is 1. The molecule has 1 aliphatic rings. The summed E-state index contributed by atoms with van der Waals surface area (Å²) in [6.45, 7) is 2.83. The third-order valence-corrected chi connectivity index (χ3v) is 9.36. The maximum absolute atomic E-state index is 13.8. The number of aliphatic hydroxyl groups is 1. The number of aromatic nitrogens is 4. The fraction of sp³-hybridized carbons (Fsp3) is 0.462. The summed E-state index contributed by atoms with van der Waals surface area (Å²) in [6, 6.07) is 9.22. The molecule has 2 unspecified atom stereocenters. The van der Waals surface area contributed by atoms with Gasteiger partial charge in [0, 0.05) is 24.6 Å². The maximum Gasteiger partial charge on any atom is 0.405 e. The highest BCUT2D eigenvalue weighted by atomic mass is 32.2. The van der Waals surface area contributed by atoms with Gasteiger partial charge in [0.15, 0.2) is 16.3 Å². The van der Waals surface area contributed by atoms with E-state index in [0.717, 1.165) is 17.3 Å². The fourth-order valence-electron chi connectivity index (χ4n) is 4.17. The normalized spacial score (nSPS) is 20.8. The average molecular weight is 625 g/mol. The Hall–Kier alpha value is -2.91. The van der Waals surface area contributed by atoms with E-state index in [1.165, 1.54) is 17.0 Å². The number of anilines is 1. The number of hydrogen-bond acceptors (Lipinski definition) is 11. The van der Waals surface area contributed by atoms with Crippen molar-refractivity contribution in [2.75, 3.05) is 31.3 Å². The summed E-state index contributed by atoms with van der Waals surface area (Å²) in [6.07, 6.45) is 1.97. The van der Waals surface area contributed by atoms with Gasteiger partial charge in [0.1, 0.15) is 6.23 Å². The van der Waals surface area contributed by atoms with E-state index in [4.69, 9.17) is 19.5 Å². The van der Waals surface area contributed by atoms with E-state index in [9.17, 15) is 23.7 Å². The lowest BCUT2D eigenvalue weighted by Crippen LogP contribution is -2.26. The highest BCUT2D eigenvalue weighted by molar-refractivity contribution is 8.13. The number of nitrogens with zero attached hydrogens (tertiary/aromatic N) is 3. The first-order valence-corrected chi connectivity index (χ1v) is 15.7. The number of carbonyl (C=O) groups excluding carboxylic acids is 1. The van der Waals surface area contributed by atoms with Gasteiger partial charge in [0.05, 0.1) is 44.0 Å². The van der Waals surface area contributed by atoms with Crippen molar-refractivity contribution >= 4 is 41.7 Å². The molecular formula is C26H34FN6O7PS. The number of imidazole rings is 1. The number of benzene rings is 1. The zero-order valence-corrected chi connectivity index (χ0v) is 24.9. The summed E-state index contributed by atoms with van der Waals surface area (Å²) in [4.78, 5) is 35.1. The summed E-state index contributed by atoms with van der Waals surface area (Å²) in [5.41, 5.74) is 5.40. The summed E-state index contributed by atoms with van der Waals surface area (Å²) in [7, 11) is -3.94. The lowest BCUT2D eigenvalue weighted by atomic mass is 9.97. The molecule has 5 N–H and O–H groups in total. The second-order valence-electron chi connectivity index (χ2n) is 10.2. The quantitative estimate of drug-likeness (QED) is 0.152. The van der Waals surface area contributed by atoms with E-state index < -0.39 is 37.0 Å². The van der Waals surface area contributed by atoms with E-state index in [1.54, 1.807) is 13.8 Å². The first-order chi connectivity index (χ1) is 20.0. The molecule has 0 radical (unpaired) electrons. The second kappa shape index (κ2) is 14.0. The number of thioether (sulfide) groups is 1. The first-order valence-electron chi connectivity index (χ1n) is 13.2. The highest BCUT2D eigenvalue weighted by Gasteiger charge is 2.38. The minimum Gasteiger partial charge on any atom is -0.395 e. The van der Waals surface area contributed by atoms with Crippen LogP contribution >= 0.6 is 19.5 Å². The van der Waals surface area contributed by atoms with Crippen LogP contribution < -0.4 is 16.4 Å². The largest absolute Gasteiger partial charge is 0.405 e. The maximum atomic E-state index is 13.8. The fourth-order valence-corrected chi connectivity index (χ4v) is 6.41. The van der Waals surface area contributed by atoms with Gasteiger partial charge in [-0.1, -0.05) is 48.2 Å². The van der Waals surface area contributed by atoms with Crippen LogP contribution in [0.15, 0.2) is 53.9 Å². The SMILES string of the molecule is CC(C)(CO)C(=O)SCCOP(=O)(NCc1ccccc1)OC[C@H]1O[C@@H](n2cnc3c(=O)[nH]c(N)nc32)CC1/C=C/F. The summed E-state index contributed by atoms with van der Waals surface area (Å²) in [5.74, 6) is -0.385. The number of ether oxygens (including phenoxy) is 1. The monoisotopic (exact) mass is 624 g/mol. The van der Waals surface area contributed by atoms with Crippen LogP contribution in [0, 0.1) is 11.3 Å². The molecule has 13 nitrogen and oxygen atoms in total. The molecule has 1 aromatic carbocycles. The Morgan fingerprint density at radius 3 is 2.86 bits per heavy atom. The van der Waals surface area contributed by atoms with Crippen LogP contribution in [0.2, 0.25) is 0 Å².